The predicted molar refractivity (Wildman–Crippen MR) is 88.6 cm³/mol. The molecule has 0 amide bonds. The van der Waals surface area contributed by atoms with Crippen LogP contribution in [0.2, 0.25) is 0 Å². The minimum Gasteiger partial charge on any atom is -0.550 e. The van der Waals surface area contributed by atoms with Gasteiger partial charge < -0.3 is 14.6 Å². The van der Waals surface area contributed by atoms with Gasteiger partial charge in [-0.2, -0.15) is 0 Å². The van der Waals surface area contributed by atoms with E-state index in [9.17, 15) is 9.90 Å². The van der Waals surface area contributed by atoms with Gasteiger partial charge in [0.2, 0.25) is 0 Å². The van der Waals surface area contributed by atoms with E-state index in [2.05, 4.69) is 31.8 Å². The number of rotatable bonds is 2. The Kier molecular flexibility index (Phi) is 4.14. The zero-order chi connectivity index (χ0) is 16.4. The van der Waals surface area contributed by atoms with Crippen LogP contribution in [0.25, 0.3) is 0 Å². The van der Waals surface area contributed by atoms with Gasteiger partial charge in [-0.25, -0.2) is 0 Å². The molecule has 118 valence electrons. The fourth-order valence-electron chi connectivity index (χ4n) is 2.63. The molecule has 1 aromatic carbocycles. The van der Waals surface area contributed by atoms with Crippen LogP contribution in [0.3, 0.4) is 0 Å². The maximum Gasteiger partial charge on any atom is 0.123 e. The van der Waals surface area contributed by atoms with E-state index in [0.717, 1.165) is 34.1 Å². The van der Waals surface area contributed by atoms with Crippen LogP contribution in [-0.4, -0.2) is 12.6 Å². The van der Waals surface area contributed by atoms with Gasteiger partial charge in [0, 0.05) is 28.4 Å². The summed E-state index contributed by atoms with van der Waals surface area (Å²) in [5, 5.41) is 10.6. The number of carboxylic acids is 1. The summed E-state index contributed by atoms with van der Waals surface area (Å²) in [4.78, 5) is 12.2. The second kappa shape index (κ2) is 6.10. The van der Waals surface area contributed by atoms with Gasteiger partial charge in [0.15, 0.2) is 0 Å². The first-order chi connectivity index (χ1) is 10.9. The number of aliphatic carboxylic acids is 1. The summed E-state index contributed by atoms with van der Waals surface area (Å²) in [6.07, 6.45) is 0.936. The van der Waals surface area contributed by atoms with E-state index in [4.69, 9.17) is 4.74 Å². The Balaban J connectivity index is 1.84. The third-order valence-electron chi connectivity index (χ3n) is 4.00. The van der Waals surface area contributed by atoms with Crippen LogP contribution in [0.1, 0.15) is 41.1 Å². The summed E-state index contributed by atoms with van der Waals surface area (Å²) in [6.45, 7) is 5.19. The third-order valence-corrected chi connectivity index (χ3v) is 5.00. The molecule has 0 aliphatic carbocycles. The molecule has 4 heteroatoms. The number of ether oxygens (including phenoxy) is 1. The van der Waals surface area contributed by atoms with Gasteiger partial charge in [-0.1, -0.05) is 25.7 Å². The van der Waals surface area contributed by atoms with E-state index < -0.39 is 5.97 Å². The van der Waals surface area contributed by atoms with Crippen LogP contribution in [0.5, 0.6) is 5.75 Å². The molecule has 0 spiro atoms. The third kappa shape index (κ3) is 3.57. The number of hydrogen-bond acceptors (Lipinski definition) is 4. The lowest BCUT2D eigenvalue weighted by atomic mass is 9.79. The minimum atomic E-state index is -1.07. The van der Waals surface area contributed by atoms with Crippen LogP contribution in [0.15, 0.2) is 30.3 Å². The molecule has 0 bridgehead atoms. The molecule has 0 saturated carbocycles. The summed E-state index contributed by atoms with van der Waals surface area (Å²) in [5.74, 6) is 6.14. The fraction of sp³-hybridized carbons (Fsp3) is 0.316. The first kappa shape index (κ1) is 15.6. The van der Waals surface area contributed by atoms with Crippen molar-refractivity contribution >= 4 is 17.3 Å². The summed E-state index contributed by atoms with van der Waals surface area (Å²) in [7, 11) is 0. The molecule has 0 fully saturated rings. The molecule has 1 aromatic heterocycles. The molecule has 0 N–H and O–H groups in total. The van der Waals surface area contributed by atoms with Crippen LogP contribution in [-0.2, 0) is 16.6 Å². The van der Waals surface area contributed by atoms with Crippen molar-refractivity contribution in [1.29, 1.82) is 0 Å². The molecule has 3 rings (SSSR count). The summed E-state index contributed by atoms with van der Waals surface area (Å²) in [5.41, 5.74) is 2.23. The molecule has 3 nitrogen and oxygen atoms in total. The Morgan fingerprint density at radius 3 is 2.91 bits per heavy atom. The lowest BCUT2D eigenvalue weighted by Gasteiger charge is -2.32. The number of hydrogen-bond donors (Lipinski definition) is 0. The van der Waals surface area contributed by atoms with Gasteiger partial charge in [-0.15, -0.1) is 11.3 Å². The molecular weight excluding hydrogens is 308 g/mol. The maximum absolute atomic E-state index is 10.6. The van der Waals surface area contributed by atoms with Crippen molar-refractivity contribution in [1.82, 2.24) is 0 Å². The molecule has 0 radical (unpaired) electrons. The second-order valence-electron chi connectivity index (χ2n) is 6.26. The van der Waals surface area contributed by atoms with Gasteiger partial charge in [-0.05, 0) is 42.2 Å². The standard InChI is InChI=1S/C19H18O3S/c1-19(2)9-10-22-17-8-4-13(11-16(17)19)3-5-14-6-7-15(23-14)12-18(20)21/h4,6-8,11H,9-10,12H2,1-2H3,(H,20,21)/p-1. The Labute approximate surface area is 139 Å². The molecule has 2 heterocycles. The average molecular weight is 325 g/mol. The van der Waals surface area contributed by atoms with E-state index >= 15 is 0 Å². The number of carbonyl (C=O) groups excluding carboxylic acids is 1. The van der Waals surface area contributed by atoms with Crippen molar-refractivity contribution in [3.8, 4) is 17.6 Å². The van der Waals surface area contributed by atoms with E-state index in [1.807, 2.05) is 18.2 Å². The van der Waals surface area contributed by atoms with Crippen molar-refractivity contribution in [2.75, 3.05) is 6.61 Å². The normalized spacial score (nSPS) is 15.0. The van der Waals surface area contributed by atoms with Gasteiger partial charge in [0.25, 0.3) is 0 Å². The van der Waals surface area contributed by atoms with Crippen molar-refractivity contribution in [2.45, 2.75) is 32.1 Å². The van der Waals surface area contributed by atoms with E-state index in [0.29, 0.717) is 0 Å². The fourth-order valence-corrected chi connectivity index (χ4v) is 3.48. The highest BCUT2D eigenvalue weighted by molar-refractivity contribution is 7.12. The highest BCUT2D eigenvalue weighted by Crippen LogP contribution is 2.38. The molecule has 1 aliphatic rings. The van der Waals surface area contributed by atoms with Gasteiger partial charge in [0.05, 0.1) is 11.5 Å². The number of fused-ring (bicyclic) bond motifs is 1. The smallest absolute Gasteiger partial charge is 0.123 e. The van der Waals surface area contributed by atoms with Crippen LogP contribution in [0, 0.1) is 11.8 Å². The highest BCUT2D eigenvalue weighted by atomic mass is 32.1. The van der Waals surface area contributed by atoms with E-state index in [-0.39, 0.29) is 11.8 Å². The van der Waals surface area contributed by atoms with Crippen molar-refractivity contribution in [3.05, 3.63) is 51.2 Å². The summed E-state index contributed by atoms with van der Waals surface area (Å²) in [6, 6.07) is 9.67. The van der Waals surface area contributed by atoms with Gasteiger partial charge in [0.1, 0.15) is 5.75 Å². The second-order valence-corrected chi connectivity index (χ2v) is 7.43. The zero-order valence-corrected chi connectivity index (χ0v) is 14.0. The molecule has 2 aromatic rings. The lowest BCUT2D eigenvalue weighted by molar-refractivity contribution is -0.304. The van der Waals surface area contributed by atoms with Crippen LogP contribution >= 0.6 is 11.3 Å². The van der Waals surface area contributed by atoms with E-state index in [1.165, 1.54) is 16.9 Å². The van der Waals surface area contributed by atoms with Crippen LogP contribution < -0.4 is 9.84 Å². The summed E-state index contributed by atoms with van der Waals surface area (Å²) < 4.78 is 5.71. The largest absolute Gasteiger partial charge is 0.550 e. The Morgan fingerprint density at radius 1 is 1.30 bits per heavy atom. The van der Waals surface area contributed by atoms with Crippen molar-refractivity contribution in [2.24, 2.45) is 0 Å². The number of thiophene rings is 1. The highest BCUT2D eigenvalue weighted by Gasteiger charge is 2.28. The van der Waals surface area contributed by atoms with Crippen molar-refractivity contribution < 1.29 is 14.6 Å². The molecule has 0 saturated heterocycles. The zero-order valence-electron chi connectivity index (χ0n) is 13.1. The molecule has 1 aliphatic heterocycles. The maximum atomic E-state index is 10.6. The Morgan fingerprint density at radius 2 is 2.13 bits per heavy atom. The molecule has 23 heavy (non-hydrogen) atoms. The topological polar surface area (TPSA) is 49.4 Å². The van der Waals surface area contributed by atoms with Gasteiger partial charge >= 0.3 is 0 Å². The quantitative estimate of drug-likeness (QED) is 0.797. The minimum absolute atomic E-state index is 0.0588. The number of carbonyl (C=O) groups is 1. The molecular formula is C19H17O3S-. The van der Waals surface area contributed by atoms with Crippen LogP contribution in [0.4, 0.5) is 0 Å². The summed E-state index contributed by atoms with van der Waals surface area (Å²) >= 11 is 1.39. The molecule has 0 atom stereocenters. The van der Waals surface area contributed by atoms with Crippen molar-refractivity contribution in [3.63, 3.8) is 0 Å². The van der Waals surface area contributed by atoms with Gasteiger partial charge in [-0.3, -0.25) is 0 Å². The Hall–Kier alpha value is -2.25. The number of benzene rings is 1. The first-order valence-corrected chi connectivity index (χ1v) is 8.34. The lowest BCUT2D eigenvalue weighted by Crippen LogP contribution is -2.26. The number of carboxylic acid groups (broad SMARTS) is 1. The predicted octanol–water partition coefficient (Wildman–Crippen LogP) is 2.50. The van der Waals surface area contributed by atoms with E-state index in [1.54, 1.807) is 6.07 Å². The first-order valence-electron chi connectivity index (χ1n) is 7.52. The Bertz CT molecular complexity index is 806. The molecule has 0 unspecified atom stereocenters. The SMILES string of the molecule is CC1(C)CCOc2ccc(C#Cc3ccc(CC(=O)[O-])s3)cc21. The monoisotopic (exact) mass is 325 g/mol. The average Bonchev–Trinajstić information content (AvgIpc) is 2.92.